The van der Waals surface area contributed by atoms with E-state index < -0.39 is 5.60 Å². The molecule has 2 nitrogen and oxygen atoms in total. The Labute approximate surface area is 77.4 Å². The minimum Gasteiger partial charge on any atom is -0.388 e. The molecule has 0 atom stereocenters. The summed E-state index contributed by atoms with van der Waals surface area (Å²) in [5.41, 5.74) is -0.0467. The van der Waals surface area contributed by atoms with Crippen molar-refractivity contribution in [2.45, 2.75) is 19.4 Å². The van der Waals surface area contributed by atoms with Gasteiger partial charge in [-0.25, -0.2) is 4.39 Å². The lowest BCUT2D eigenvalue weighted by atomic mass is 9.97. The Hall–Kier alpha value is -1.09. The summed E-state index contributed by atoms with van der Waals surface area (Å²) in [6.07, 6.45) is 0. The van der Waals surface area contributed by atoms with Crippen LogP contribution in [0, 0.1) is 5.82 Å². The van der Waals surface area contributed by atoms with Crippen LogP contribution in [0.3, 0.4) is 0 Å². The summed E-state index contributed by atoms with van der Waals surface area (Å²) in [4.78, 5) is 0. The van der Waals surface area contributed by atoms with Crippen molar-refractivity contribution >= 4 is 5.69 Å². The highest BCUT2D eigenvalue weighted by Gasteiger charge is 2.20. The lowest BCUT2D eigenvalue weighted by molar-refractivity contribution is 0.0746. The molecular weight excluding hydrogens is 169 g/mol. The summed E-state index contributed by atoms with van der Waals surface area (Å²) >= 11 is 0. The van der Waals surface area contributed by atoms with Crippen LogP contribution >= 0.6 is 0 Å². The zero-order valence-electron chi connectivity index (χ0n) is 8.06. The third kappa shape index (κ3) is 2.18. The summed E-state index contributed by atoms with van der Waals surface area (Å²) in [5.74, 6) is -0.383. The molecule has 2 N–H and O–H groups in total. The van der Waals surface area contributed by atoms with Gasteiger partial charge in [-0.05, 0) is 32.0 Å². The van der Waals surface area contributed by atoms with Crippen molar-refractivity contribution in [1.82, 2.24) is 0 Å². The van der Waals surface area contributed by atoms with Gasteiger partial charge in [-0.15, -0.1) is 0 Å². The molecule has 0 heterocycles. The molecule has 13 heavy (non-hydrogen) atoms. The maximum absolute atomic E-state index is 13.2. The maximum Gasteiger partial charge on any atom is 0.129 e. The van der Waals surface area contributed by atoms with Crippen molar-refractivity contribution in [3.05, 3.63) is 29.6 Å². The van der Waals surface area contributed by atoms with Crippen LogP contribution < -0.4 is 5.32 Å². The minimum absolute atomic E-state index is 0.305. The Morgan fingerprint density at radius 2 is 2.00 bits per heavy atom. The molecule has 0 radical (unpaired) electrons. The standard InChI is InChI=1S/C10H14FNO/c1-10(2,13)8-6-7(12-3)4-5-9(8)11/h4-6,12-13H,1-3H3. The molecule has 0 spiro atoms. The molecule has 0 aliphatic carbocycles. The van der Waals surface area contributed by atoms with E-state index >= 15 is 0 Å². The second kappa shape index (κ2) is 3.34. The van der Waals surface area contributed by atoms with Crippen LogP contribution in [-0.4, -0.2) is 12.2 Å². The molecule has 0 aliphatic heterocycles. The van der Waals surface area contributed by atoms with Crippen LogP contribution in [0.15, 0.2) is 18.2 Å². The predicted octanol–water partition coefficient (Wildman–Crippen LogP) is 2.09. The average Bonchev–Trinajstić information content (AvgIpc) is 2.03. The second-order valence-electron chi connectivity index (χ2n) is 3.50. The van der Waals surface area contributed by atoms with E-state index in [0.717, 1.165) is 5.69 Å². The van der Waals surface area contributed by atoms with E-state index in [2.05, 4.69) is 5.32 Å². The first-order valence-electron chi connectivity index (χ1n) is 4.15. The fourth-order valence-electron chi connectivity index (χ4n) is 1.15. The Balaban J connectivity index is 3.19. The lowest BCUT2D eigenvalue weighted by Crippen LogP contribution is -2.17. The van der Waals surface area contributed by atoms with Crippen LogP contribution in [0.4, 0.5) is 10.1 Å². The largest absolute Gasteiger partial charge is 0.388 e. The van der Waals surface area contributed by atoms with Gasteiger partial charge < -0.3 is 10.4 Å². The fraction of sp³-hybridized carbons (Fsp3) is 0.400. The maximum atomic E-state index is 13.2. The van der Waals surface area contributed by atoms with Gasteiger partial charge in [-0.3, -0.25) is 0 Å². The molecule has 0 fully saturated rings. The molecule has 0 aliphatic rings. The van der Waals surface area contributed by atoms with Crippen molar-refractivity contribution in [1.29, 1.82) is 0 Å². The zero-order chi connectivity index (χ0) is 10.1. The van der Waals surface area contributed by atoms with Gasteiger partial charge in [-0.1, -0.05) is 0 Å². The number of rotatable bonds is 2. The van der Waals surface area contributed by atoms with E-state index in [1.165, 1.54) is 6.07 Å². The third-order valence-electron chi connectivity index (χ3n) is 1.91. The van der Waals surface area contributed by atoms with Crippen molar-refractivity contribution < 1.29 is 9.50 Å². The lowest BCUT2D eigenvalue weighted by Gasteiger charge is -2.19. The van der Waals surface area contributed by atoms with Gasteiger partial charge in [0, 0.05) is 18.3 Å². The van der Waals surface area contributed by atoms with Crippen LogP contribution in [0.1, 0.15) is 19.4 Å². The highest BCUT2D eigenvalue weighted by Crippen LogP contribution is 2.25. The Morgan fingerprint density at radius 3 is 2.46 bits per heavy atom. The molecule has 0 saturated carbocycles. The highest BCUT2D eigenvalue weighted by atomic mass is 19.1. The number of anilines is 1. The smallest absolute Gasteiger partial charge is 0.129 e. The molecule has 0 bridgehead atoms. The summed E-state index contributed by atoms with van der Waals surface area (Å²) in [6, 6.07) is 4.58. The van der Waals surface area contributed by atoms with Crippen molar-refractivity contribution in [3.63, 3.8) is 0 Å². The Bertz CT molecular complexity index is 304. The van der Waals surface area contributed by atoms with Crippen LogP contribution in [0.2, 0.25) is 0 Å². The molecule has 3 heteroatoms. The van der Waals surface area contributed by atoms with Gasteiger partial charge in [-0.2, -0.15) is 0 Å². The van der Waals surface area contributed by atoms with Crippen molar-refractivity contribution in [2.75, 3.05) is 12.4 Å². The topological polar surface area (TPSA) is 32.3 Å². The molecule has 72 valence electrons. The molecule has 1 rings (SSSR count). The van der Waals surface area contributed by atoms with E-state index in [-0.39, 0.29) is 5.82 Å². The number of nitrogens with one attached hydrogen (secondary N) is 1. The van der Waals surface area contributed by atoms with E-state index in [9.17, 15) is 9.50 Å². The van der Waals surface area contributed by atoms with E-state index in [1.807, 2.05) is 0 Å². The first-order chi connectivity index (χ1) is 5.95. The Morgan fingerprint density at radius 1 is 1.38 bits per heavy atom. The van der Waals surface area contributed by atoms with Gasteiger partial charge in [0.15, 0.2) is 0 Å². The third-order valence-corrected chi connectivity index (χ3v) is 1.91. The van der Waals surface area contributed by atoms with Gasteiger partial charge in [0.1, 0.15) is 5.82 Å². The molecule has 1 aromatic rings. The summed E-state index contributed by atoms with van der Waals surface area (Å²) < 4.78 is 13.2. The summed E-state index contributed by atoms with van der Waals surface area (Å²) in [6.45, 7) is 3.12. The SMILES string of the molecule is CNc1ccc(F)c(C(C)(C)O)c1. The summed E-state index contributed by atoms with van der Waals surface area (Å²) in [5, 5.41) is 12.5. The van der Waals surface area contributed by atoms with Crippen LogP contribution in [0.25, 0.3) is 0 Å². The molecule has 0 amide bonds. The Kier molecular flexibility index (Phi) is 2.57. The van der Waals surface area contributed by atoms with Crippen molar-refractivity contribution in [3.8, 4) is 0 Å². The van der Waals surface area contributed by atoms with E-state index in [1.54, 1.807) is 33.0 Å². The van der Waals surface area contributed by atoms with Gasteiger partial charge >= 0.3 is 0 Å². The fourth-order valence-corrected chi connectivity index (χ4v) is 1.15. The van der Waals surface area contributed by atoms with Gasteiger partial charge in [0.2, 0.25) is 0 Å². The zero-order valence-corrected chi connectivity index (χ0v) is 8.06. The van der Waals surface area contributed by atoms with Crippen LogP contribution in [-0.2, 0) is 5.60 Å². The van der Waals surface area contributed by atoms with E-state index in [0.29, 0.717) is 5.56 Å². The first kappa shape index (κ1) is 9.99. The number of halogens is 1. The normalized spacial score (nSPS) is 11.5. The molecule has 0 unspecified atom stereocenters. The first-order valence-corrected chi connectivity index (χ1v) is 4.15. The van der Waals surface area contributed by atoms with Crippen LogP contribution in [0.5, 0.6) is 0 Å². The summed E-state index contributed by atoms with van der Waals surface area (Å²) in [7, 11) is 1.75. The predicted molar refractivity (Wildman–Crippen MR) is 51.2 cm³/mol. The molecule has 0 aromatic heterocycles. The van der Waals surface area contributed by atoms with E-state index in [4.69, 9.17) is 0 Å². The molecular formula is C10H14FNO. The number of aliphatic hydroxyl groups is 1. The monoisotopic (exact) mass is 183 g/mol. The van der Waals surface area contributed by atoms with Gasteiger partial charge in [0.05, 0.1) is 5.60 Å². The molecule has 0 saturated heterocycles. The number of hydrogen-bond donors (Lipinski definition) is 2. The van der Waals surface area contributed by atoms with Gasteiger partial charge in [0.25, 0.3) is 0 Å². The minimum atomic E-state index is -1.14. The highest BCUT2D eigenvalue weighted by molar-refractivity contribution is 5.46. The molecule has 1 aromatic carbocycles. The van der Waals surface area contributed by atoms with Crippen molar-refractivity contribution in [2.24, 2.45) is 0 Å². The number of benzene rings is 1. The average molecular weight is 183 g/mol. The number of hydrogen-bond acceptors (Lipinski definition) is 2. The second-order valence-corrected chi connectivity index (χ2v) is 3.50. The quantitative estimate of drug-likeness (QED) is 0.735.